The molecule has 0 aliphatic rings. The molecule has 1 unspecified atom stereocenters. The minimum atomic E-state index is -1.21. The maximum atomic E-state index is 11.9. The van der Waals surface area contributed by atoms with E-state index in [2.05, 4.69) is 28.2 Å². The van der Waals surface area contributed by atoms with E-state index in [-0.39, 0.29) is 5.82 Å². The summed E-state index contributed by atoms with van der Waals surface area (Å²) in [6.45, 7) is 7.00. The highest BCUT2D eigenvalue weighted by atomic mass is 16.6. The first-order valence-electron chi connectivity index (χ1n) is 5.58. The van der Waals surface area contributed by atoms with Crippen molar-refractivity contribution in [1.29, 1.82) is 0 Å². The molecule has 20 heavy (non-hydrogen) atoms. The summed E-state index contributed by atoms with van der Waals surface area (Å²) >= 11 is 0. The van der Waals surface area contributed by atoms with Crippen LogP contribution in [-0.4, -0.2) is 30.2 Å². The van der Waals surface area contributed by atoms with E-state index in [0.717, 1.165) is 6.08 Å². The number of nitrogens with one attached hydrogen (secondary N) is 1. The van der Waals surface area contributed by atoms with Gasteiger partial charge in [-0.1, -0.05) is 19.2 Å². The molecule has 0 bridgehead atoms. The Morgan fingerprint density at radius 3 is 2.65 bits per heavy atom. The molecule has 1 aromatic heterocycles. The molecule has 0 aromatic carbocycles. The standard InChI is InChI=1S/C13H15N3O4/c1-4-8-6-7-10(19-3)15-11(8)16-12(17)9(5-2)20-13(14)18/h4-7,9H,1-2H2,3H3,(H2,14,18)(H,15,16,17). The summed E-state index contributed by atoms with van der Waals surface area (Å²) < 4.78 is 9.55. The molecule has 2 amide bonds. The second-order valence-electron chi connectivity index (χ2n) is 3.58. The minimum absolute atomic E-state index is 0.226. The van der Waals surface area contributed by atoms with Gasteiger partial charge in [0.1, 0.15) is 5.82 Å². The van der Waals surface area contributed by atoms with Crippen LogP contribution in [0.3, 0.4) is 0 Å². The Morgan fingerprint density at radius 2 is 2.15 bits per heavy atom. The van der Waals surface area contributed by atoms with Crippen LogP contribution in [0, 0.1) is 0 Å². The highest BCUT2D eigenvalue weighted by molar-refractivity contribution is 5.97. The molecular formula is C13H15N3O4. The highest BCUT2D eigenvalue weighted by Crippen LogP contribution is 2.19. The van der Waals surface area contributed by atoms with Gasteiger partial charge in [0.25, 0.3) is 5.91 Å². The molecule has 0 saturated carbocycles. The molecule has 3 N–H and O–H groups in total. The summed E-state index contributed by atoms with van der Waals surface area (Å²) in [4.78, 5) is 26.7. The van der Waals surface area contributed by atoms with Gasteiger partial charge in [0.2, 0.25) is 5.88 Å². The summed E-state index contributed by atoms with van der Waals surface area (Å²) in [6.07, 6.45) is 0.374. The highest BCUT2D eigenvalue weighted by Gasteiger charge is 2.20. The number of anilines is 1. The number of rotatable bonds is 6. The van der Waals surface area contributed by atoms with Gasteiger partial charge in [0, 0.05) is 11.6 Å². The zero-order valence-electron chi connectivity index (χ0n) is 11.0. The van der Waals surface area contributed by atoms with Gasteiger partial charge < -0.3 is 20.5 Å². The van der Waals surface area contributed by atoms with Crippen molar-refractivity contribution in [2.75, 3.05) is 12.4 Å². The van der Waals surface area contributed by atoms with E-state index < -0.39 is 18.1 Å². The van der Waals surface area contributed by atoms with E-state index in [1.807, 2.05) is 0 Å². The van der Waals surface area contributed by atoms with E-state index in [0.29, 0.717) is 11.4 Å². The molecule has 7 nitrogen and oxygen atoms in total. The number of hydrogen-bond donors (Lipinski definition) is 2. The Bertz CT molecular complexity index is 542. The number of nitrogens with zero attached hydrogens (tertiary/aromatic N) is 1. The number of methoxy groups -OCH3 is 1. The molecule has 0 aliphatic heterocycles. The van der Waals surface area contributed by atoms with E-state index in [1.54, 1.807) is 12.1 Å². The summed E-state index contributed by atoms with van der Waals surface area (Å²) in [5.41, 5.74) is 5.45. The lowest BCUT2D eigenvalue weighted by atomic mass is 10.2. The summed E-state index contributed by atoms with van der Waals surface area (Å²) in [6, 6.07) is 3.30. The Morgan fingerprint density at radius 1 is 1.45 bits per heavy atom. The van der Waals surface area contributed by atoms with E-state index >= 15 is 0 Å². The first-order valence-corrected chi connectivity index (χ1v) is 5.58. The maximum Gasteiger partial charge on any atom is 0.405 e. The molecular weight excluding hydrogens is 262 g/mol. The predicted molar refractivity (Wildman–Crippen MR) is 74.2 cm³/mol. The van der Waals surface area contributed by atoms with Gasteiger partial charge in [-0.3, -0.25) is 4.79 Å². The minimum Gasteiger partial charge on any atom is -0.481 e. The number of carbonyl (C=O) groups excluding carboxylic acids is 2. The van der Waals surface area contributed by atoms with Crippen molar-refractivity contribution in [3.8, 4) is 5.88 Å². The number of carbonyl (C=O) groups is 2. The van der Waals surface area contributed by atoms with Crippen LogP contribution in [0.15, 0.2) is 31.4 Å². The zero-order chi connectivity index (χ0) is 15.1. The monoisotopic (exact) mass is 277 g/mol. The van der Waals surface area contributed by atoms with Gasteiger partial charge in [-0.25, -0.2) is 4.79 Å². The summed E-state index contributed by atoms with van der Waals surface area (Å²) in [5.74, 6) is -0.0937. The quantitative estimate of drug-likeness (QED) is 0.763. The molecule has 0 aliphatic carbocycles. The lowest BCUT2D eigenvalue weighted by Crippen LogP contribution is -2.33. The van der Waals surface area contributed by atoms with Gasteiger partial charge in [-0.2, -0.15) is 4.98 Å². The smallest absolute Gasteiger partial charge is 0.405 e. The van der Waals surface area contributed by atoms with Crippen molar-refractivity contribution in [1.82, 2.24) is 4.98 Å². The van der Waals surface area contributed by atoms with Gasteiger partial charge in [0.15, 0.2) is 6.10 Å². The first-order chi connectivity index (χ1) is 9.51. The molecule has 106 valence electrons. The fraction of sp³-hybridized carbons (Fsp3) is 0.154. The van der Waals surface area contributed by atoms with Crippen LogP contribution >= 0.6 is 0 Å². The molecule has 0 saturated heterocycles. The van der Waals surface area contributed by atoms with Crippen molar-refractivity contribution < 1.29 is 19.1 Å². The molecule has 0 fully saturated rings. The van der Waals surface area contributed by atoms with Crippen LogP contribution in [0.1, 0.15) is 5.56 Å². The van der Waals surface area contributed by atoms with Crippen LogP contribution in [0.4, 0.5) is 10.6 Å². The second kappa shape index (κ2) is 6.93. The van der Waals surface area contributed by atoms with Crippen molar-refractivity contribution >= 4 is 23.9 Å². The van der Waals surface area contributed by atoms with Crippen molar-refractivity contribution in [2.24, 2.45) is 5.73 Å². The molecule has 1 atom stereocenters. The topological polar surface area (TPSA) is 104 Å². The average molecular weight is 277 g/mol. The molecule has 1 aromatic rings. The lowest BCUT2D eigenvalue weighted by Gasteiger charge is -2.14. The van der Waals surface area contributed by atoms with E-state index in [9.17, 15) is 9.59 Å². The Hall–Kier alpha value is -2.83. The van der Waals surface area contributed by atoms with Gasteiger partial charge >= 0.3 is 6.09 Å². The van der Waals surface area contributed by atoms with Crippen LogP contribution in [0.2, 0.25) is 0 Å². The Labute approximate surface area is 116 Å². The van der Waals surface area contributed by atoms with E-state index in [1.165, 1.54) is 13.2 Å². The zero-order valence-corrected chi connectivity index (χ0v) is 11.0. The van der Waals surface area contributed by atoms with Crippen LogP contribution in [0.25, 0.3) is 6.08 Å². The van der Waals surface area contributed by atoms with Gasteiger partial charge in [-0.15, -0.1) is 0 Å². The molecule has 1 heterocycles. The number of hydrogen-bond acceptors (Lipinski definition) is 5. The maximum absolute atomic E-state index is 11.9. The Balaban J connectivity index is 2.95. The van der Waals surface area contributed by atoms with Gasteiger partial charge in [0.05, 0.1) is 7.11 Å². The molecule has 1 rings (SSSR count). The number of ether oxygens (including phenoxy) is 2. The largest absolute Gasteiger partial charge is 0.481 e. The van der Waals surface area contributed by atoms with Crippen molar-refractivity contribution in [3.63, 3.8) is 0 Å². The van der Waals surface area contributed by atoms with Gasteiger partial charge in [-0.05, 0) is 12.1 Å². The van der Waals surface area contributed by atoms with Crippen LogP contribution in [-0.2, 0) is 9.53 Å². The molecule has 7 heteroatoms. The van der Waals surface area contributed by atoms with Crippen molar-refractivity contribution in [2.45, 2.75) is 6.10 Å². The number of amides is 2. The third-order valence-electron chi connectivity index (χ3n) is 2.29. The number of aromatic nitrogens is 1. The number of nitrogens with two attached hydrogens (primary N) is 1. The fourth-order valence-corrected chi connectivity index (χ4v) is 1.35. The third kappa shape index (κ3) is 3.84. The number of primary amides is 1. The van der Waals surface area contributed by atoms with Crippen LogP contribution in [0.5, 0.6) is 5.88 Å². The second-order valence-corrected chi connectivity index (χ2v) is 3.58. The predicted octanol–water partition coefficient (Wildman–Crippen LogP) is 1.32. The molecule has 0 radical (unpaired) electrons. The normalized spacial score (nSPS) is 11.1. The SMILES string of the molecule is C=Cc1ccc(OC)nc1NC(=O)C(C=C)OC(N)=O. The summed E-state index contributed by atoms with van der Waals surface area (Å²) in [7, 11) is 1.45. The first kappa shape index (κ1) is 15.2. The lowest BCUT2D eigenvalue weighted by molar-refractivity contribution is -0.122. The third-order valence-corrected chi connectivity index (χ3v) is 2.29. The van der Waals surface area contributed by atoms with E-state index in [4.69, 9.17) is 10.5 Å². The fourth-order valence-electron chi connectivity index (χ4n) is 1.35. The van der Waals surface area contributed by atoms with Crippen LogP contribution < -0.4 is 15.8 Å². The van der Waals surface area contributed by atoms with Crippen molar-refractivity contribution in [3.05, 3.63) is 36.9 Å². The average Bonchev–Trinajstić information content (AvgIpc) is 2.44. The Kier molecular flexibility index (Phi) is 5.28. The molecule has 0 spiro atoms. The number of pyridine rings is 1. The summed E-state index contributed by atoms with van der Waals surface area (Å²) in [5, 5.41) is 2.49.